The Hall–Kier alpha value is -4.12. The molecule has 1 heterocycles. The third-order valence-corrected chi connectivity index (χ3v) is 4.06. The van der Waals surface area contributed by atoms with Crippen molar-refractivity contribution in [1.29, 1.82) is 0 Å². The molecule has 30 heavy (non-hydrogen) atoms. The average molecular weight is 408 g/mol. The fourth-order valence-electron chi connectivity index (χ4n) is 2.80. The molecule has 1 aliphatic rings. The number of carbonyl (C=O) groups is 3. The molecule has 3 rings (SSSR count). The van der Waals surface area contributed by atoms with E-state index in [1.54, 1.807) is 25.1 Å². The number of nitrogens with one attached hydrogen (secondary N) is 1. The Morgan fingerprint density at radius 3 is 2.63 bits per heavy atom. The highest BCUT2D eigenvalue weighted by molar-refractivity contribution is 6.39. The summed E-state index contributed by atoms with van der Waals surface area (Å²) < 4.78 is 24.5. The second-order valence-electron chi connectivity index (χ2n) is 6.07. The molecule has 1 aliphatic heterocycles. The number of hydrogen-bond acceptors (Lipinski definition) is 5. The van der Waals surface area contributed by atoms with Gasteiger partial charge >= 0.3 is 6.03 Å². The van der Waals surface area contributed by atoms with E-state index in [9.17, 15) is 18.8 Å². The second-order valence-corrected chi connectivity index (χ2v) is 6.07. The van der Waals surface area contributed by atoms with E-state index in [0.29, 0.717) is 28.6 Å². The minimum atomic E-state index is -0.958. The summed E-state index contributed by atoms with van der Waals surface area (Å²) in [6.45, 7) is 2.19. The molecule has 0 aliphatic carbocycles. The van der Waals surface area contributed by atoms with Crippen molar-refractivity contribution in [3.05, 3.63) is 59.4 Å². The van der Waals surface area contributed by atoms with Gasteiger partial charge in [-0.25, -0.2) is 14.1 Å². The number of ether oxygens (including phenoxy) is 2. The van der Waals surface area contributed by atoms with Crippen molar-refractivity contribution in [2.24, 2.45) is 0 Å². The maximum Gasteiger partial charge on any atom is 0.335 e. The molecule has 0 radical (unpaired) electrons. The van der Waals surface area contributed by atoms with Gasteiger partial charge < -0.3 is 9.47 Å². The highest BCUT2D eigenvalue weighted by Crippen LogP contribution is 2.30. The molecule has 0 saturated carbocycles. The second kappa shape index (κ2) is 8.92. The van der Waals surface area contributed by atoms with Crippen LogP contribution in [0.15, 0.2) is 48.0 Å². The van der Waals surface area contributed by atoms with Crippen LogP contribution in [-0.2, 0) is 9.59 Å². The summed E-state index contributed by atoms with van der Waals surface area (Å²) in [4.78, 5) is 38.0. The lowest BCUT2D eigenvalue weighted by Gasteiger charge is -2.26. The lowest BCUT2D eigenvalue weighted by Crippen LogP contribution is -2.54. The fourth-order valence-corrected chi connectivity index (χ4v) is 2.80. The first-order valence-corrected chi connectivity index (χ1v) is 8.94. The van der Waals surface area contributed by atoms with Gasteiger partial charge in [-0.2, -0.15) is 0 Å². The average Bonchev–Trinajstić information content (AvgIpc) is 2.70. The van der Waals surface area contributed by atoms with Gasteiger partial charge in [-0.15, -0.1) is 6.42 Å². The zero-order chi connectivity index (χ0) is 21.7. The number of imide groups is 2. The molecule has 0 spiro atoms. The molecule has 8 heteroatoms. The summed E-state index contributed by atoms with van der Waals surface area (Å²) in [6.07, 6.45) is 6.51. The summed E-state index contributed by atoms with van der Waals surface area (Å²) in [7, 11) is 0. The number of carbonyl (C=O) groups excluding carboxylic acids is 3. The molecule has 0 unspecified atom stereocenters. The van der Waals surface area contributed by atoms with Crippen LogP contribution in [0.5, 0.6) is 11.5 Å². The Kier molecular flexibility index (Phi) is 6.13. The largest absolute Gasteiger partial charge is 0.490 e. The lowest BCUT2D eigenvalue weighted by atomic mass is 10.1. The first-order chi connectivity index (χ1) is 14.4. The number of terminal acetylenes is 1. The normalized spacial score (nSPS) is 15.0. The number of halogens is 1. The van der Waals surface area contributed by atoms with Crippen LogP contribution in [0.4, 0.5) is 14.9 Å². The third-order valence-electron chi connectivity index (χ3n) is 4.06. The minimum Gasteiger partial charge on any atom is -0.490 e. The molecule has 2 aromatic carbocycles. The van der Waals surface area contributed by atoms with Crippen LogP contribution < -0.4 is 19.7 Å². The number of benzene rings is 2. The van der Waals surface area contributed by atoms with Crippen LogP contribution in [0, 0.1) is 18.2 Å². The standard InChI is InChI=1S/C22H17FN2O5/c1-3-10-30-18-9-8-14(12-19(18)29-4-2)11-17-20(26)24-22(28)25(21(17)27)16-7-5-6-15(23)13-16/h1,5-9,11-13H,4,10H2,2H3,(H,24,26,28)/b17-11-. The van der Waals surface area contributed by atoms with E-state index < -0.39 is 23.7 Å². The quantitative estimate of drug-likeness (QED) is 0.451. The van der Waals surface area contributed by atoms with E-state index in [1.165, 1.54) is 24.3 Å². The van der Waals surface area contributed by atoms with E-state index in [-0.39, 0.29) is 17.9 Å². The Balaban J connectivity index is 1.98. The first-order valence-electron chi connectivity index (χ1n) is 8.94. The van der Waals surface area contributed by atoms with Gasteiger partial charge in [-0.3, -0.25) is 14.9 Å². The van der Waals surface area contributed by atoms with E-state index in [4.69, 9.17) is 15.9 Å². The third kappa shape index (κ3) is 4.31. The molecule has 152 valence electrons. The van der Waals surface area contributed by atoms with E-state index in [2.05, 4.69) is 11.2 Å². The predicted octanol–water partition coefficient (Wildman–Crippen LogP) is 2.90. The Labute approximate surface area is 172 Å². The molecular weight excluding hydrogens is 391 g/mol. The number of rotatable bonds is 6. The zero-order valence-electron chi connectivity index (χ0n) is 16.0. The van der Waals surface area contributed by atoms with Crippen molar-refractivity contribution in [3.8, 4) is 23.8 Å². The van der Waals surface area contributed by atoms with Gasteiger partial charge in [0.2, 0.25) is 0 Å². The SMILES string of the molecule is C#CCOc1ccc(/C=C2/C(=O)NC(=O)N(c3cccc(F)c3)C2=O)cc1OCC. The van der Waals surface area contributed by atoms with Gasteiger partial charge in [-0.1, -0.05) is 18.1 Å². The Morgan fingerprint density at radius 1 is 1.13 bits per heavy atom. The van der Waals surface area contributed by atoms with Crippen molar-refractivity contribution in [3.63, 3.8) is 0 Å². The highest BCUT2D eigenvalue weighted by Gasteiger charge is 2.37. The number of nitrogens with zero attached hydrogens (tertiary/aromatic N) is 1. The Bertz CT molecular complexity index is 1090. The number of urea groups is 1. The van der Waals surface area contributed by atoms with Gasteiger partial charge in [0.1, 0.15) is 18.0 Å². The van der Waals surface area contributed by atoms with Crippen LogP contribution in [0.2, 0.25) is 0 Å². The lowest BCUT2D eigenvalue weighted by molar-refractivity contribution is -0.122. The molecule has 0 bridgehead atoms. The molecule has 7 nitrogen and oxygen atoms in total. The summed E-state index contributed by atoms with van der Waals surface area (Å²) in [5.74, 6) is 0.785. The Morgan fingerprint density at radius 2 is 1.93 bits per heavy atom. The summed E-state index contributed by atoms with van der Waals surface area (Å²) in [5.41, 5.74) is 0.168. The number of hydrogen-bond donors (Lipinski definition) is 1. The monoisotopic (exact) mass is 408 g/mol. The molecule has 0 aromatic heterocycles. The smallest absolute Gasteiger partial charge is 0.335 e. The van der Waals surface area contributed by atoms with E-state index in [0.717, 1.165) is 6.07 Å². The first kappa shape index (κ1) is 20.6. The fraction of sp³-hybridized carbons (Fsp3) is 0.136. The van der Waals surface area contributed by atoms with Gasteiger partial charge in [0, 0.05) is 0 Å². The maximum atomic E-state index is 13.6. The summed E-state index contributed by atoms with van der Waals surface area (Å²) >= 11 is 0. The van der Waals surface area contributed by atoms with Gasteiger partial charge in [0.05, 0.1) is 12.3 Å². The van der Waals surface area contributed by atoms with E-state index in [1.807, 2.05) is 0 Å². The number of anilines is 1. The molecular formula is C22H17FN2O5. The molecule has 0 atom stereocenters. The van der Waals surface area contributed by atoms with Crippen LogP contribution in [0.1, 0.15) is 12.5 Å². The van der Waals surface area contributed by atoms with Crippen molar-refractivity contribution in [2.75, 3.05) is 18.1 Å². The van der Waals surface area contributed by atoms with Gasteiger partial charge in [0.15, 0.2) is 11.5 Å². The summed E-state index contributed by atoms with van der Waals surface area (Å²) in [5, 5.41) is 2.09. The number of barbiturate groups is 1. The van der Waals surface area contributed by atoms with Gasteiger partial charge in [0.25, 0.3) is 11.8 Å². The topological polar surface area (TPSA) is 84.9 Å². The van der Waals surface area contributed by atoms with Crippen molar-refractivity contribution in [1.82, 2.24) is 5.32 Å². The molecule has 1 N–H and O–H groups in total. The number of amides is 4. The molecule has 2 aromatic rings. The van der Waals surface area contributed by atoms with Crippen LogP contribution in [0.25, 0.3) is 6.08 Å². The highest BCUT2D eigenvalue weighted by atomic mass is 19.1. The predicted molar refractivity (Wildman–Crippen MR) is 107 cm³/mol. The van der Waals surface area contributed by atoms with Crippen LogP contribution >= 0.6 is 0 Å². The molecule has 1 saturated heterocycles. The van der Waals surface area contributed by atoms with Crippen molar-refractivity contribution in [2.45, 2.75) is 6.92 Å². The van der Waals surface area contributed by atoms with Gasteiger partial charge in [-0.05, 0) is 48.9 Å². The van der Waals surface area contributed by atoms with Crippen LogP contribution in [0.3, 0.4) is 0 Å². The zero-order valence-corrected chi connectivity index (χ0v) is 16.0. The van der Waals surface area contributed by atoms with Crippen molar-refractivity contribution >= 4 is 29.6 Å². The van der Waals surface area contributed by atoms with E-state index >= 15 is 0 Å². The van der Waals surface area contributed by atoms with Crippen molar-refractivity contribution < 1.29 is 28.2 Å². The van der Waals surface area contributed by atoms with Crippen LogP contribution in [-0.4, -0.2) is 31.1 Å². The molecule has 4 amide bonds. The molecule has 1 fully saturated rings. The minimum absolute atomic E-state index is 0.00365. The summed E-state index contributed by atoms with van der Waals surface area (Å²) in [6, 6.07) is 8.76. The maximum absolute atomic E-state index is 13.6.